The van der Waals surface area contributed by atoms with Gasteiger partial charge in [0, 0.05) is 38.6 Å². The molecule has 6 aromatic rings. The van der Waals surface area contributed by atoms with E-state index in [1.54, 1.807) is 0 Å². The van der Waals surface area contributed by atoms with Crippen molar-refractivity contribution in [2.24, 2.45) is 0 Å². The predicted molar refractivity (Wildman–Crippen MR) is 222 cm³/mol. The number of halogens is 1. The lowest BCUT2D eigenvalue weighted by atomic mass is 9.92. The lowest BCUT2D eigenvalue weighted by Gasteiger charge is -2.13. The molecule has 8 bridgehead atoms. The van der Waals surface area contributed by atoms with Crippen molar-refractivity contribution >= 4 is 68.6 Å². The zero-order chi connectivity index (χ0) is 36.3. The van der Waals surface area contributed by atoms with E-state index in [4.69, 9.17) is 9.97 Å². The highest BCUT2D eigenvalue weighted by Gasteiger charge is 2.21. The van der Waals surface area contributed by atoms with Crippen LogP contribution in [0, 0.1) is 41.5 Å². The van der Waals surface area contributed by atoms with Gasteiger partial charge in [0.05, 0.1) is 33.9 Å². The van der Waals surface area contributed by atoms with E-state index >= 15 is 0 Å². The third-order valence-electron chi connectivity index (χ3n) is 10.2. The molecule has 52 heavy (non-hydrogen) atoms. The Balaban J connectivity index is 1.58. The molecule has 0 radical (unpaired) electrons. The molecule has 3 aromatic heterocycles. The highest BCUT2D eigenvalue weighted by molar-refractivity contribution is 9.08. The lowest BCUT2D eigenvalue weighted by molar-refractivity contribution is 0.112. The van der Waals surface area contributed by atoms with Crippen molar-refractivity contribution in [3.63, 3.8) is 0 Å². The normalized spacial score (nSPS) is 12.1. The fourth-order valence-electron chi connectivity index (χ4n) is 8.09. The van der Waals surface area contributed by atoms with Gasteiger partial charge in [-0.3, -0.25) is 4.79 Å². The number of nitrogens with one attached hydrogen (secondary N) is 2. The van der Waals surface area contributed by atoms with Gasteiger partial charge in [-0.25, -0.2) is 9.97 Å². The van der Waals surface area contributed by atoms with Crippen LogP contribution in [0.4, 0.5) is 0 Å². The number of alkyl halides is 1. The molecule has 0 saturated carbocycles. The number of fused-ring (bicyclic) bond motifs is 8. The number of aldehydes is 1. The van der Waals surface area contributed by atoms with Gasteiger partial charge >= 0.3 is 0 Å². The molecule has 6 heteroatoms. The number of nitrogens with zero attached hydrogens (tertiary/aromatic N) is 2. The van der Waals surface area contributed by atoms with Crippen LogP contribution in [0.2, 0.25) is 0 Å². The van der Waals surface area contributed by atoms with E-state index in [1.807, 2.05) is 18.2 Å². The van der Waals surface area contributed by atoms with Crippen LogP contribution in [-0.4, -0.2) is 26.2 Å². The maximum Gasteiger partial charge on any atom is 0.154 e. The summed E-state index contributed by atoms with van der Waals surface area (Å²) in [6, 6.07) is 25.9. The van der Waals surface area contributed by atoms with Gasteiger partial charge in [0.15, 0.2) is 6.29 Å². The minimum Gasteiger partial charge on any atom is -0.354 e. The van der Waals surface area contributed by atoms with Gasteiger partial charge in [0.25, 0.3) is 0 Å². The highest BCUT2D eigenvalue weighted by Crippen LogP contribution is 2.40. The van der Waals surface area contributed by atoms with E-state index in [0.717, 1.165) is 101 Å². The Bertz CT molecular complexity index is 2590. The van der Waals surface area contributed by atoms with Gasteiger partial charge in [-0.2, -0.15) is 0 Å². The van der Waals surface area contributed by atoms with Crippen LogP contribution < -0.4 is 0 Å². The van der Waals surface area contributed by atoms with Gasteiger partial charge in [-0.15, -0.1) is 0 Å². The molecule has 0 amide bonds. The molecule has 256 valence electrons. The summed E-state index contributed by atoms with van der Waals surface area (Å²) in [4.78, 5) is 30.9. The standard InChI is InChI=1S/C46H39BrN4O/c1-25-19-27(3)42(28(4)20-25)45-38-13-11-34(48-38)33(24-52)35-12-14-39(49-35)46(43-29(5)21-26(2)22-30(43)6)41-18-16-37(51-41)44(36-15-17-40(45)50-36)32-9-7-31(23-47)8-10-32/h7-22,24,48,51H,23H2,1-6H3. The van der Waals surface area contributed by atoms with Crippen LogP contribution in [0.25, 0.3) is 79.8 Å². The van der Waals surface area contributed by atoms with E-state index in [1.165, 1.54) is 16.7 Å². The summed E-state index contributed by atoms with van der Waals surface area (Å²) in [6.07, 6.45) is 9.12. The molecule has 5 nitrogen and oxygen atoms in total. The van der Waals surface area contributed by atoms with Gasteiger partial charge in [-0.1, -0.05) is 75.6 Å². The average Bonchev–Trinajstić information content (AvgIpc) is 3.94. The van der Waals surface area contributed by atoms with E-state index in [-0.39, 0.29) is 0 Å². The minimum atomic E-state index is 0.504. The summed E-state index contributed by atoms with van der Waals surface area (Å²) in [7, 11) is 0. The number of hydrogen-bond acceptors (Lipinski definition) is 3. The summed E-state index contributed by atoms with van der Waals surface area (Å²) >= 11 is 3.62. The molecule has 2 aliphatic rings. The summed E-state index contributed by atoms with van der Waals surface area (Å²) in [6.45, 7) is 12.9. The fraction of sp³-hybridized carbons (Fsp3) is 0.152. The van der Waals surface area contributed by atoms with Crippen LogP contribution in [-0.2, 0) is 5.33 Å². The molecular weight excluding hydrogens is 704 g/mol. The van der Waals surface area contributed by atoms with Gasteiger partial charge in [0.2, 0.25) is 0 Å². The highest BCUT2D eigenvalue weighted by atomic mass is 79.9. The first-order chi connectivity index (χ1) is 25.1. The van der Waals surface area contributed by atoms with E-state index in [0.29, 0.717) is 16.8 Å². The maximum atomic E-state index is 12.9. The summed E-state index contributed by atoms with van der Waals surface area (Å²) in [5.41, 5.74) is 21.7. The van der Waals surface area contributed by atoms with Crippen LogP contribution >= 0.6 is 15.9 Å². The Morgan fingerprint density at radius 1 is 0.519 bits per heavy atom. The van der Waals surface area contributed by atoms with Crippen molar-refractivity contribution < 1.29 is 4.79 Å². The second kappa shape index (κ2) is 13.2. The Kier molecular flexibility index (Phi) is 8.51. The van der Waals surface area contributed by atoms with Crippen LogP contribution in [0.15, 0.2) is 72.8 Å². The zero-order valence-corrected chi connectivity index (χ0v) is 31.8. The first kappa shape index (κ1) is 33.5. The molecule has 0 spiro atoms. The molecule has 8 rings (SSSR count). The van der Waals surface area contributed by atoms with Gasteiger partial charge < -0.3 is 9.97 Å². The Hall–Kier alpha value is -5.59. The molecule has 0 aliphatic carbocycles. The minimum absolute atomic E-state index is 0.504. The quantitative estimate of drug-likeness (QED) is 0.136. The lowest BCUT2D eigenvalue weighted by Crippen LogP contribution is -1.95. The first-order valence-corrected chi connectivity index (χ1v) is 18.7. The molecule has 5 heterocycles. The number of carbonyl (C=O) groups excluding carboxylic acids is 1. The number of carbonyl (C=O) groups is 1. The summed E-state index contributed by atoms with van der Waals surface area (Å²) in [5.74, 6) is 0. The third kappa shape index (κ3) is 5.77. The van der Waals surface area contributed by atoms with E-state index in [2.05, 4.69) is 146 Å². The second-order valence-corrected chi connectivity index (χ2v) is 14.6. The van der Waals surface area contributed by atoms with Crippen molar-refractivity contribution in [1.82, 2.24) is 19.9 Å². The number of H-pyrrole nitrogens is 2. The fourth-order valence-corrected chi connectivity index (χ4v) is 8.46. The van der Waals surface area contributed by atoms with Crippen LogP contribution in [0.1, 0.15) is 72.1 Å². The number of aromatic nitrogens is 4. The van der Waals surface area contributed by atoms with Crippen molar-refractivity contribution in [2.45, 2.75) is 46.9 Å². The molecule has 0 unspecified atom stereocenters. The summed E-state index contributed by atoms with van der Waals surface area (Å²) < 4.78 is 0. The molecule has 2 N–H and O–H groups in total. The molecule has 0 fully saturated rings. The number of rotatable bonds is 5. The molecule has 3 aromatic carbocycles. The van der Waals surface area contributed by atoms with Gasteiger partial charge in [0.1, 0.15) is 0 Å². The molecule has 2 aliphatic heterocycles. The van der Waals surface area contributed by atoms with Gasteiger partial charge in [-0.05, 0) is 135 Å². The molecule has 0 atom stereocenters. The second-order valence-electron chi connectivity index (χ2n) is 14.0. The summed E-state index contributed by atoms with van der Waals surface area (Å²) in [5, 5.41) is 0.783. The third-order valence-corrected chi connectivity index (χ3v) is 10.8. The topological polar surface area (TPSA) is 74.4 Å². The van der Waals surface area contributed by atoms with Crippen LogP contribution in [0.5, 0.6) is 0 Å². The average molecular weight is 744 g/mol. The number of aromatic amines is 2. The van der Waals surface area contributed by atoms with Crippen molar-refractivity contribution in [2.75, 3.05) is 0 Å². The number of hydrogen-bond donors (Lipinski definition) is 2. The molecular formula is C46H39BrN4O. The van der Waals surface area contributed by atoms with E-state index in [9.17, 15) is 4.79 Å². The zero-order valence-electron chi connectivity index (χ0n) is 30.2. The first-order valence-electron chi connectivity index (χ1n) is 17.6. The van der Waals surface area contributed by atoms with Crippen molar-refractivity contribution in [3.8, 4) is 33.4 Å². The monoisotopic (exact) mass is 742 g/mol. The van der Waals surface area contributed by atoms with Crippen LogP contribution in [0.3, 0.4) is 0 Å². The number of benzene rings is 3. The maximum absolute atomic E-state index is 12.9. The molecule has 0 saturated heterocycles. The van der Waals surface area contributed by atoms with Crippen molar-refractivity contribution in [1.29, 1.82) is 0 Å². The SMILES string of the molecule is Cc1cc(C)c(-c2c3nc(c(-c4ccc(CBr)cc4)c4ccc([nH]4)c(-c4c(C)cc(C)cc4C)c4nc(c(C=O)c5ccc2[nH]5)C=C4)C=C3)c(C)c1. The Morgan fingerprint density at radius 2 is 0.923 bits per heavy atom. The van der Waals surface area contributed by atoms with E-state index < -0.39 is 0 Å². The number of aryl methyl sites for hydroxylation is 6. The van der Waals surface area contributed by atoms with Crippen molar-refractivity contribution in [3.05, 3.63) is 140 Å². The largest absolute Gasteiger partial charge is 0.354 e. The smallest absolute Gasteiger partial charge is 0.154 e. The Labute approximate surface area is 312 Å². The predicted octanol–water partition coefficient (Wildman–Crippen LogP) is 12.2. The Morgan fingerprint density at radius 3 is 1.40 bits per heavy atom.